The van der Waals surface area contributed by atoms with Gasteiger partial charge in [0, 0.05) is 19.7 Å². The zero-order valence-corrected chi connectivity index (χ0v) is 13.8. The lowest BCUT2D eigenvalue weighted by atomic mass is 9.97. The highest BCUT2D eigenvalue weighted by atomic mass is 16.5. The molecule has 0 aliphatic carbocycles. The van der Waals surface area contributed by atoms with E-state index in [0.717, 1.165) is 38.2 Å². The van der Waals surface area contributed by atoms with Crippen LogP contribution in [0.2, 0.25) is 0 Å². The molecule has 1 aliphatic heterocycles. The molecule has 2 rings (SSSR count). The lowest BCUT2D eigenvalue weighted by molar-refractivity contribution is -0.126. The third-order valence-corrected chi connectivity index (χ3v) is 4.05. The zero-order valence-electron chi connectivity index (χ0n) is 13.8. The number of ether oxygens (including phenoxy) is 2. The van der Waals surface area contributed by atoms with E-state index < -0.39 is 0 Å². The summed E-state index contributed by atoms with van der Waals surface area (Å²) in [7, 11) is 0. The molecule has 1 aromatic rings. The molecule has 0 radical (unpaired) electrons. The van der Waals surface area contributed by atoms with Gasteiger partial charge in [-0.2, -0.15) is 0 Å². The molecule has 1 fully saturated rings. The minimum Gasteiger partial charge on any atom is -0.491 e. The second-order valence-corrected chi connectivity index (χ2v) is 5.77. The molecule has 1 amide bonds. The van der Waals surface area contributed by atoms with Crippen molar-refractivity contribution in [2.24, 2.45) is 11.8 Å². The van der Waals surface area contributed by atoms with Gasteiger partial charge in [-0.25, -0.2) is 5.84 Å². The van der Waals surface area contributed by atoms with Crippen LogP contribution in [0.15, 0.2) is 24.3 Å². The zero-order chi connectivity index (χ0) is 16.5. The summed E-state index contributed by atoms with van der Waals surface area (Å²) in [6.07, 6.45) is 1.93. The van der Waals surface area contributed by atoms with Gasteiger partial charge in [0.2, 0.25) is 5.91 Å². The van der Waals surface area contributed by atoms with Crippen LogP contribution in [0.1, 0.15) is 25.3 Å². The molecule has 0 aromatic heterocycles. The van der Waals surface area contributed by atoms with E-state index in [-0.39, 0.29) is 11.8 Å². The number of benzene rings is 1. The van der Waals surface area contributed by atoms with Gasteiger partial charge in [-0.05, 0) is 44.0 Å². The Hall–Kier alpha value is -1.63. The van der Waals surface area contributed by atoms with Gasteiger partial charge in [0.05, 0.1) is 12.5 Å². The van der Waals surface area contributed by atoms with Gasteiger partial charge in [0.1, 0.15) is 12.4 Å². The third kappa shape index (κ3) is 5.82. The first-order valence-corrected chi connectivity index (χ1v) is 8.25. The summed E-state index contributed by atoms with van der Waals surface area (Å²) in [5.74, 6) is 6.02. The molecule has 23 heavy (non-hydrogen) atoms. The van der Waals surface area contributed by atoms with E-state index in [0.29, 0.717) is 19.8 Å². The molecule has 0 saturated carbocycles. The highest BCUT2D eigenvalue weighted by Crippen LogP contribution is 2.20. The molecule has 6 heteroatoms. The van der Waals surface area contributed by atoms with E-state index in [1.165, 1.54) is 5.56 Å². The fourth-order valence-electron chi connectivity index (χ4n) is 2.84. The van der Waals surface area contributed by atoms with Crippen LogP contribution in [-0.4, -0.2) is 43.7 Å². The molecule has 0 spiro atoms. The van der Waals surface area contributed by atoms with E-state index in [2.05, 4.69) is 22.5 Å². The van der Waals surface area contributed by atoms with E-state index in [1.54, 1.807) is 0 Å². The van der Waals surface area contributed by atoms with Crippen LogP contribution in [0.4, 0.5) is 0 Å². The van der Waals surface area contributed by atoms with Crippen molar-refractivity contribution in [1.29, 1.82) is 0 Å². The number of nitrogens with one attached hydrogen (secondary N) is 1. The van der Waals surface area contributed by atoms with Crippen LogP contribution < -0.4 is 16.0 Å². The predicted octanol–water partition coefficient (Wildman–Crippen LogP) is 1.30. The van der Waals surface area contributed by atoms with Gasteiger partial charge in [-0.15, -0.1) is 0 Å². The van der Waals surface area contributed by atoms with Crippen LogP contribution in [-0.2, 0) is 16.1 Å². The molecular formula is C17H27N3O3. The van der Waals surface area contributed by atoms with Crippen molar-refractivity contribution in [1.82, 2.24) is 10.3 Å². The molecule has 1 unspecified atom stereocenters. The van der Waals surface area contributed by atoms with E-state index in [4.69, 9.17) is 15.3 Å². The second-order valence-electron chi connectivity index (χ2n) is 5.77. The standard InChI is InChI=1S/C17H27N3O3/c1-2-22-10-11-23-16-7-5-14(6-8-16)12-20-9-3-4-15(13-20)17(21)19-18/h5-8,15H,2-4,9-13,18H2,1H3,(H,19,21). The van der Waals surface area contributed by atoms with E-state index >= 15 is 0 Å². The summed E-state index contributed by atoms with van der Waals surface area (Å²) < 4.78 is 10.9. The van der Waals surface area contributed by atoms with Crippen LogP contribution in [0.5, 0.6) is 5.75 Å². The predicted molar refractivity (Wildman–Crippen MR) is 88.8 cm³/mol. The van der Waals surface area contributed by atoms with Crippen LogP contribution >= 0.6 is 0 Å². The lowest BCUT2D eigenvalue weighted by Gasteiger charge is -2.31. The maximum absolute atomic E-state index is 11.7. The summed E-state index contributed by atoms with van der Waals surface area (Å²) in [5.41, 5.74) is 3.48. The number of nitrogens with zero attached hydrogens (tertiary/aromatic N) is 1. The average molecular weight is 321 g/mol. The Balaban J connectivity index is 1.79. The largest absolute Gasteiger partial charge is 0.491 e. The smallest absolute Gasteiger partial charge is 0.238 e. The fourth-order valence-corrected chi connectivity index (χ4v) is 2.84. The minimum absolute atomic E-state index is 0.00470. The Labute approximate surface area is 137 Å². The van der Waals surface area contributed by atoms with Gasteiger partial charge in [-0.1, -0.05) is 12.1 Å². The molecule has 128 valence electrons. The molecule has 0 bridgehead atoms. The van der Waals surface area contributed by atoms with Gasteiger partial charge >= 0.3 is 0 Å². The molecule has 1 aliphatic rings. The Morgan fingerprint density at radius 3 is 2.83 bits per heavy atom. The Kier molecular flexibility index (Phi) is 7.32. The molecule has 1 atom stereocenters. The van der Waals surface area contributed by atoms with Crippen molar-refractivity contribution < 1.29 is 14.3 Å². The van der Waals surface area contributed by atoms with Crippen LogP contribution in [0.25, 0.3) is 0 Å². The Morgan fingerprint density at radius 1 is 1.35 bits per heavy atom. The molecular weight excluding hydrogens is 294 g/mol. The number of carbonyl (C=O) groups is 1. The SMILES string of the molecule is CCOCCOc1ccc(CN2CCCC(C(=O)NN)C2)cc1. The number of hydrogen-bond acceptors (Lipinski definition) is 5. The first-order chi connectivity index (χ1) is 11.2. The van der Waals surface area contributed by atoms with Crippen molar-refractivity contribution in [2.45, 2.75) is 26.3 Å². The van der Waals surface area contributed by atoms with E-state index in [9.17, 15) is 4.79 Å². The third-order valence-electron chi connectivity index (χ3n) is 4.05. The summed E-state index contributed by atoms with van der Waals surface area (Å²) >= 11 is 0. The topological polar surface area (TPSA) is 76.8 Å². The maximum atomic E-state index is 11.7. The number of hydrogen-bond donors (Lipinski definition) is 2. The molecule has 1 saturated heterocycles. The van der Waals surface area contributed by atoms with Gasteiger partial charge in [0.15, 0.2) is 0 Å². The fraction of sp³-hybridized carbons (Fsp3) is 0.588. The number of piperidine rings is 1. The summed E-state index contributed by atoms with van der Waals surface area (Å²) in [4.78, 5) is 14.0. The first-order valence-electron chi connectivity index (χ1n) is 8.25. The maximum Gasteiger partial charge on any atom is 0.238 e. The number of carbonyl (C=O) groups excluding carboxylic acids is 1. The van der Waals surface area contributed by atoms with Gasteiger partial charge < -0.3 is 9.47 Å². The number of nitrogens with two attached hydrogens (primary N) is 1. The van der Waals surface area contributed by atoms with Gasteiger partial charge in [0.25, 0.3) is 0 Å². The summed E-state index contributed by atoms with van der Waals surface area (Å²) in [5, 5.41) is 0. The minimum atomic E-state index is -0.0623. The number of amides is 1. The monoisotopic (exact) mass is 321 g/mol. The van der Waals surface area contributed by atoms with Crippen molar-refractivity contribution in [3.8, 4) is 5.75 Å². The number of rotatable bonds is 8. The van der Waals surface area contributed by atoms with Crippen molar-refractivity contribution in [3.05, 3.63) is 29.8 Å². The van der Waals surface area contributed by atoms with Crippen LogP contribution in [0, 0.1) is 5.92 Å². The Bertz CT molecular complexity index is 478. The van der Waals surface area contributed by atoms with Crippen LogP contribution in [0.3, 0.4) is 0 Å². The van der Waals surface area contributed by atoms with Crippen molar-refractivity contribution >= 4 is 5.91 Å². The number of hydrazine groups is 1. The quantitative estimate of drug-likeness (QED) is 0.327. The van der Waals surface area contributed by atoms with Crippen molar-refractivity contribution in [2.75, 3.05) is 32.9 Å². The van der Waals surface area contributed by atoms with Gasteiger partial charge in [-0.3, -0.25) is 15.1 Å². The second kappa shape index (κ2) is 9.50. The molecule has 1 heterocycles. The van der Waals surface area contributed by atoms with Crippen molar-refractivity contribution in [3.63, 3.8) is 0 Å². The summed E-state index contributed by atoms with van der Waals surface area (Å²) in [6, 6.07) is 8.11. The number of likely N-dealkylation sites (tertiary alicyclic amines) is 1. The average Bonchev–Trinajstić information content (AvgIpc) is 2.59. The summed E-state index contributed by atoms with van der Waals surface area (Å²) in [6.45, 7) is 6.47. The molecule has 3 N–H and O–H groups in total. The molecule has 1 aromatic carbocycles. The molecule has 6 nitrogen and oxygen atoms in total. The highest BCUT2D eigenvalue weighted by Gasteiger charge is 2.25. The first kappa shape index (κ1) is 17.7. The lowest BCUT2D eigenvalue weighted by Crippen LogP contribution is -2.44. The highest BCUT2D eigenvalue weighted by molar-refractivity contribution is 5.78. The Morgan fingerprint density at radius 2 is 2.13 bits per heavy atom. The van der Waals surface area contributed by atoms with E-state index in [1.807, 2.05) is 19.1 Å². The normalized spacial score (nSPS) is 18.6.